The number of hydrogen-bond acceptors (Lipinski definition) is 6. The van der Waals surface area contributed by atoms with E-state index in [0.717, 1.165) is 0 Å². The van der Waals surface area contributed by atoms with Gasteiger partial charge in [0.05, 0.1) is 11.4 Å². The molecular formula is C18H15FN6OS. The van der Waals surface area contributed by atoms with Gasteiger partial charge in [0.2, 0.25) is 0 Å². The summed E-state index contributed by atoms with van der Waals surface area (Å²) in [5.41, 5.74) is 2.41. The van der Waals surface area contributed by atoms with Gasteiger partial charge in [-0.3, -0.25) is 5.32 Å². The number of amides is 2. The van der Waals surface area contributed by atoms with E-state index in [1.54, 1.807) is 35.8 Å². The van der Waals surface area contributed by atoms with Crippen LogP contribution in [-0.4, -0.2) is 27.5 Å². The molecule has 0 bridgehead atoms. The molecule has 2 N–H and O–H groups in total. The molecule has 0 spiro atoms. The van der Waals surface area contributed by atoms with Crippen LogP contribution in [0.15, 0.2) is 35.8 Å². The van der Waals surface area contributed by atoms with Crippen molar-refractivity contribution < 1.29 is 9.18 Å². The lowest BCUT2D eigenvalue weighted by Gasteiger charge is -2.10. The SMILES string of the molecule is CCNC(=O)Nc1cc(-c2nc(CF)cs2)c(-c2cccc(C#N)n2)cn1. The Bertz CT molecular complexity index is 1010. The number of thiazole rings is 1. The molecule has 136 valence electrons. The molecule has 0 aromatic carbocycles. The average Bonchev–Trinajstić information content (AvgIpc) is 3.17. The van der Waals surface area contributed by atoms with Gasteiger partial charge in [0, 0.05) is 29.2 Å². The molecule has 0 aliphatic carbocycles. The maximum atomic E-state index is 12.9. The van der Waals surface area contributed by atoms with Gasteiger partial charge >= 0.3 is 6.03 Å². The number of nitrogens with zero attached hydrogens (tertiary/aromatic N) is 4. The Kier molecular flexibility index (Phi) is 5.68. The fraction of sp³-hybridized carbons (Fsp3) is 0.167. The predicted octanol–water partition coefficient (Wildman–Crippen LogP) is 3.75. The molecule has 3 rings (SSSR count). The van der Waals surface area contributed by atoms with Crippen LogP contribution in [0.2, 0.25) is 0 Å². The number of alkyl halides is 1. The number of carbonyl (C=O) groups is 1. The second-order valence-corrected chi connectivity index (χ2v) is 6.26. The lowest BCUT2D eigenvalue weighted by molar-refractivity contribution is 0.252. The summed E-state index contributed by atoms with van der Waals surface area (Å²) in [4.78, 5) is 24.6. The molecule has 0 saturated heterocycles. The third kappa shape index (κ3) is 4.24. The van der Waals surface area contributed by atoms with Crippen LogP contribution < -0.4 is 10.6 Å². The van der Waals surface area contributed by atoms with E-state index >= 15 is 0 Å². The summed E-state index contributed by atoms with van der Waals surface area (Å²) in [6.45, 7) is 1.63. The van der Waals surface area contributed by atoms with Gasteiger partial charge < -0.3 is 5.32 Å². The number of pyridine rings is 2. The molecule has 9 heteroatoms. The molecule has 0 aliphatic rings. The number of urea groups is 1. The van der Waals surface area contributed by atoms with Gasteiger partial charge in [-0.25, -0.2) is 24.1 Å². The highest BCUT2D eigenvalue weighted by molar-refractivity contribution is 7.13. The second-order valence-electron chi connectivity index (χ2n) is 5.40. The summed E-state index contributed by atoms with van der Waals surface area (Å²) in [5.74, 6) is 0.327. The van der Waals surface area contributed by atoms with Crippen LogP contribution in [0.4, 0.5) is 15.0 Å². The van der Waals surface area contributed by atoms with Gasteiger partial charge in [0.15, 0.2) is 0 Å². The Hall–Kier alpha value is -3.38. The van der Waals surface area contributed by atoms with Crippen molar-refractivity contribution in [2.45, 2.75) is 13.6 Å². The Labute approximate surface area is 158 Å². The van der Waals surface area contributed by atoms with Gasteiger partial charge in [0.25, 0.3) is 0 Å². The molecule has 2 amide bonds. The summed E-state index contributed by atoms with van der Waals surface area (Å²) in [6.07, 6.45) is 1.55. The highest BCUT2D eigenvalue weighted by atomic mass is 32.1. The Morgan fingerprint density at radius 2 is 2.19 bits per heavy atom. The standard InChI is InChI=1S/C18H15FN6OS/c1-2-21-18(26)25-16-6-13(17-24-12(7-19)10-27-17)14(9-22-16)15-5-3-4-11(8-20)23-15/h3-6,9-10H,2,7H2,1H3,(H2,21,22,25,26). The van der Waals surface area contributed by atoms with Crippen molar-refractivity contribution in [1.29, 1.82) is 5.26 Å². The van der Waals surface area contributed by atoms with E-state index in [1.165, 1.54) is 11.3 Å². The Balaban J connectivity index is 2.08. The van der Waals surface area contributed by atoms with Gasteiger partial charge in [-0.05, 0) is 25.1 Å². The van der Waals surface area contributed by atoms with Crippen LogP contribution >= 0.6 is 11.3 Å². The van der Waals surface area contributed by atoms with Crippen molar-refractivity contribution >= 4 is 23.2 Å². The van der Waals surface area contributed by atoms with Crippen LogP contribution in [0, 0.1) is 11.3 Å². The van der Waals surface area contributed by atoms with Crippen LogP contribution in [0.3, 0.4) is 0 Å². The molecular weight excluding hydrogens is 367 g/mol. The first-order chi connectivity index (χ1) is 13.1. The number of nitriles is 1. The third-order valence-corrected chi connectivity index (χ3v) is 4.47. The van der Waals surface area contributed by atoms with Crippen LogP contribution in [0.5, 0.6) is 0 Å². The summed E-state index contributed by atoms with van der Waals surface area (Å²) in [6, 6.07) is 8.36. The second kappa shape index (κ2) is 8.33. The molecule has 3 heterocycles. The predicted molar refractivity (Wildman–Crippen MR) is 101 cm³/mol. The first kappa shape index (κ1) is 18.4. The molecule has 3 aromatic heterocycles. The molecule has 0 fully saturated rings. The number of carbonyl (C=O) groups excluding carboxylic acids is 1. The van der Waals surface area contributed by atoms with Crippen molar-refractivity contribution in [3.63, 3.8) is 0 Å². The molecule has 7 nitrogen and oxygen atoms in total. The average molecular weight is 382 g/mol. The number of aromatic nitrogens is 3. The first-order valence-electron chi connectivity index (χ1n) is 8.07. The lowest BCUT2D eigenvalue weighted by atomic mass is 10.1. The highest BCUT2D eigenvalue weighted by Crippen LogP contribution is 2.34. The topological polar surface area (TPSA) is 104 Å². The molecule has 0 aliphatic heterocycles. The van der Waals surface area contributed by atoms with E-state index in [0.29, 0.717) is 39.9 Å². The number of rotatable bonds is 5. The van der Waals surface area contributed by atoms with Crippen molar-refractivity contribution in [2.24, 2.45) is 0 Å². The van der Waals surface area contributed by atoms with E-state index in [1.807, 2.05) is 13.0 Å². The molecule has 0 saturated carbocycles. The van der Waals surface area contributed by atoms with E-state index < -0.39 is 6.67 Å². The van der Waals surface area contributed by atoms with Crippen molar-refractivity contribution in [2.75, 3.05) is 11.9 Å². The van der Waals surface area contributed by atoms with E-state index in [9.17, 15) is 9.18 Å². The van der Waals surface area contributed by atoms with Crippen LogP contribution in [0.1, 0.15) is 18.3 Å². The van der Waals surface area contributed by atoms with Crippen LogP contribution in [0.25, 0.3) is 21.8 Å². The molecule has 0 unspecified atom stereocenters. The van der Waals surface area contributed by atoms with Gasteiger partial charge in [-0.1, -0.05) is 6.07 Å². The fourth-order valence-electron chi connectivity index (χ4n) is 2.36. The third-order valence-electron chi connectivity index (χ3n) is 3.54. The summed E-state index contributed by atoms with van der Waals surface area (Å²) >= 11 is 1.28. The highest BCUT2D eigenvalue weighted by Gasteiger charge is 2.15. The molecule has 0 atom stereocenters. The maximum Gasteiger partial charge on any atom is 0.320 e. The first-order valence-corrected chi connectivity index (χ1v) is 8.95. The van der Waals surface area contributed by atoms with Gasteiger partial charge in [-0.15, -0.1) is 11.3 Å². The minimum Gasteiger partial charge on any atom is -0.338 e. The summed E-state index contributed by atoms with van der Waals surface area (Å²) in [7, 11) is 0. The molecule has 27 heavy (non-hydrogen) atoms. The van der Waals surface area contributed by atoms with Gasteiger partial charge in [-0.2, -0.15) is 5.26 Å². The number of hydrogen-bond donors (Lipinski definition) is 2. The Morgan fingerprint density at radius 1 is 1.33 bits per heavy atom. The maximum absolute atomic E-state index is 12.9. The van der Waals surface area contributed by atoms with Crippen molar-refractivity contribution in [3.05, 3.63) is 47.2 Å². The summed E-state index contributed by atoms with van der Waals surface area (Å²) in [5, 5.41) is 16.6. The number of nitrogens with one attached hydrogen (secondary N) is 2. The lowest BCUT2D eigenvalue weighted by Crippen LogP contribution is -2.28. The van der Waals surface area contributed by atoms with E-state index in [-0.39, 0.29) is 11.7 Å². The van der Waals surface area contributed by atoms with E-state index in [4.69, 9.17) is 5.26 Å². The number of anilines is 1. The molecule has 3 aromatic rings. The quantitative estimate of drug-likeness (QED) is 0.699. The normalized spacial score (nSPS) is 10.3. The van der Waals surface area contributed by atoms with Crippen molar-refractivity contribution in [3.8, 4) is 27.9 Å². The largest absolute Gasteiger partial charge is 0.338 e. The molecule has 0 radical (unpaired) electrons. The van der Waals surface area contributed by atoms with Crippen LogP contribution in [-0.2, 0) is 6.67 Å². The van der Waals surface area contributed by atoms with Gasteiger partial charge in [0.1, 0.15) is 29.3 Å². The zero-order valence-corrected chi connectivity index (χ0v) is 15.2. The monoisotopic (exact) mass is 382 g/mol. The zero-order chi connectivity index (χ0) is 19.2. The van der Waals surface area contributed by atoms with E-state index in [2.05, 4.69) is 25.6 Å². The Morgan fingerprint density at radius 3 is 2.89 bits per heavy atom. The zero-order valence-electron chi connectivity index (χ0n) is 14.4. The smallest absolute Gasteiger partial charge is 0.320 e. The fourth-order valence-corrected chi connectivity index (χ4v) is 3.19. The minimum atomic E-state index is -0.664. The summed E-state index contributed by atoms with van der Waals surface area (Å²) < 4.78 is 12.9. The minimum absolute atomic E-state index is 0.270. The number of halogens is 1. The van der Waals surface area contributed by atoms with Crippen molar-refractivity contribution in [1.82, 2.24) is 20.3 Å².